The highest BCUT2D eigenvalue weighted by molar-refractivity contribution is 7.99. The molecule has 0 fully saturated rings. The maximum Gasteiger partial charge on any atom is 0.261 e. The molecule has 6 rings (SSSR count). The third kappa shape index (κ3) is 6.94. The van der Waals surface area contributed by atoms with E-state index >= 15 is 0 Å². The summed E-state index contributed by atoms with van der Waals surface area (Å²) < 4.78 is 12.5. The molecule has 3 heterocycles. The number of carbonyl (C=O) groups is 2. The molecule has 0 spiro atoms. The summed E-state index contributed by atoms with van der Waals surface area (Å²) in [5.74, 6) is 1.62. The Morgan fingerprint density at radius 3 is 2.39 bits per heavy atom. The van der Waals surface area contributed by atoms with Crippen molar-refractivity contribution in [2.24, 2.45) is 5.10 Å². The van der Waals surface area contributed by atoms with Crippen LogP contribution in [-0.4, -0.2) is 57.3 Å². The van der Waals surface area contributed by atoms with Gasteiger partial charge in [0, 0.05) is 11.4 Å². The Bertz CT molecular complexity index is 1860. The van der Waals surface area contributed by atoms with Crippen LogP contribution in [0.3, 0.4) is 0 Å². The lowest BCUT2D eigenvalue weighted by molar-refractivity contribution is -0.130. The van der Waals surface area contributed by atoms with E-state index in [4.69, 9.17) is 26.2 Å². The van der Waals surface area contributed by atoms with Crippen molar-refractivity contribution in [1.29, 1.82) is 0 Å². The first kappa shape index (κ1) is 31.3. The van der Waals surface area contributed by atoms with Gasteiger partial charge in [-0.15, -0.1) is 21.5 Å². The van der Waals surface area contributed by atoms with Crippen LogP contribution in [0.2, 0.25) is 5.02 Å². The fraction of sp³-hybridized carbons (Fsp3) is 0.182. The number of nitrogens with zero attached hydrogens (tertiary/aromatic N) is 5. The summed E-state index contributed by atoms with van der Waals surface area (Å²) in [6.07, 6.45) is 0.543. The third-order valence-corrected chi connectivity index (χ3v) is 9.35. The molecule has 46 heavy (non-hydrogen) atoms. The Morgan fingerprint density at radius 1 is 0.978 bits per heavy atom. The Balaban J connectivity index is 1.25. The molecule has 13 heteroatoms. The molecule has 5 aromatic rings. The SMILES string of the molecule is COc1ccc(C2=NN(C(=O)CSc3nnc(CNC(=O)c4cccs4)n3-c3cccc(Cl)c3)[C@@H](c3ccc(OC)cc3)C2)cc1. The molecule has 1 aliphatic rings. The van der Waals surface area contributed by atoms with Gasteiger partial charge >= 0.3 is 0 Å². The fourth-order valence-electron chi connectivity index (χ4n) is 5.01. The summed E-state index contributed by atoms with van der Waals surface area (Å²) in [6, 6.07) is 25.8. The fourth-order valence-corrected chi connectivity index (χ4v) is 6.66. The van der Waals surface area contributed by atoms with Crippen LogP contribution in [0, 0.1) is 0 Å². The minimum Gasteiger partial charge on any atom is -0.497 e. The summed E-state index contributed by atoms with van der Waals surface area (Å²) >= 11 is 8.93. The quantitative estimate of drug-likeness (QED) is 0.162. The number of ether oxygens (including phenoxy) is 2. The summed E-state index contributed by atoms with van der Waals surface area (Å²) in [5.41, 5.74) is 3.37. The largest absolute Gasteiger partial charge is 0.497 e. The van der Waals surface area contributed by atoms with Crippen molar-refractivity contribution in [2.75, 3.05) is 20.0 Å². The summed E-state index contributed by atoms with van der Waals surface area (Å²) in [4.78, 5) is 27.1. The van der Waals surface area contributed by atoms with Gasteiger partial charge in [-0.2, -0.15) is 5.10 Å². The third-order valence-electron chi connectivity index (χ3n) is 7.33. The van der Waals surface area contributed by atoms with Gasteiger partial charge in [0.2, 0.25) is 0 Å². The lowest BCUT2D eigenvalue weighted by Crippen LogP contribution is -2.28. The molecule has 0 radical (unpaired) electrons. The Kier molecular flexibility index (Phi) is 9.67. The number of nitrogens with one attached hydrogen (secondary N) is 1. The van der Waals surface area contributed by atoms with Crippen molar-refractivity contribution in [3.63, 3.8) is 0 Å². The Morgan fingerprint density at radius 2 is 1.72 bits per heavy atom. The van der Waals surface area contributed by atoms with Gasteiger partial charge in [0.1, 0.15) is 11.5 Å². The smallest absolute Gasteiger partial charge is 0.261 e. The van der Waals surface area contributed by atoms with Gasteiger partial charge < -0.3 is 14.8 Å². The number of amides is 2. The van der Waals surface area contributed by atoms with Crippen molar-refractivity contribution in [3.8, 4) is 17.2 Å². The first-order valence-corrected chi connectivity index (χ1v) is 16.5. The first-order chi connectivity index (χ1) is 22.4. The number of hydrazone groups is 1. The van der Waals surface area contributed by atoms with Crippen LogP contribution >= 0.6 is 34.7 Å². The average Bonchev–Trinajstić information content (AvgIpc) is 3.87. The molecular formula is C33H29ClN6O4S2. The Hall–Kier alpha value is -4.65. The molecule has 0 unspecified atom stereocenters. The van der Waals surface area contributed by atoms with E-state index in [-0.39, 0.29) is 30.2 Å². The molecule has 1 N–H and O–H groups in total. The maximum atomic E-state index is 13.9. The number of aromatic nitrogens is 3. The zero-order chi connectivity index (χ0) is 32.0. The minimum atomic E-state index is -0.301. The van der Waals surface area contributed by atoms with Gasteiger partial charge in [0.25, 0.3) is 11.8 Å². The number of rotatable bonds is 11. The minimum absolute atomic E-state index is 0.0479. The van der Waals surface area contributed by atoms with E-state index in [0.29, 0.717) is 33.0 Å². The second-order valence-electron chi connectivity index (χ2n) is 10.2. The molecule has 0 bridgehead atoms. The molecule has 0 saturated carbocycles. The summed E-state index contributed by atoms with van der Waals surface area (Å²) in [6.45, 7) is 0.131. The zero-order valence-corrected chi connectivity index (χ0v) is 27.3. The zero-order valence-electron chi connectivity index (χ0n) is 24.9. The molecule has 1 aliphatic heterocycles. The lowest BCUT2D eigenvalue weighted by atomic mass is 9.98. The standard InChI is InChI=1S/C33H29ClN6O4S2/c1-43-25-12-8-21(9-13-25)27-18-28(22-10-14-26(44-2)15-11-22)40(38-27)31(41)20-46-33-37-36-30(19-35-32(42)29-7-4-16-45-29)39(33)24-6-3-5-23(34)17-24/h3-17,28H,18-20H2,1-2H3,(H,35,42)/t28-/m1/s1. The molecule has 2 aromatic heterocycles. The topological polar surface area (TPSA) is 111 Å². The van der Waals surface area contributed by atoms with Gasteiger partial charge in [0.15, 0.2) is 11.0 Å². The van der Waals surface area contributed by atoms with Crippen molar-refractivity contribution in [1.82, 2.24) is 25.1 Å². The highest BCUT2D eigenvalue weighted by Crippen LogP contribution is 2.35. The monoisotopic (exact) mass is 672 g/mol. The number of methoxy groups -OCH3 is 2. The van der Waals surface area contributed by atoms with Gasteiger partial charge in [-0.25, -0.2) is 5.01 Å². The number of halogens is 1. The number of thiophene rings is 1. The molecule has 1 atom stereocenters. The molecule has 3 aromatic carbocycles. The van der Waals surface area contributed by atoms with E-state index in [1.54, 1.807) is 42.0 Å². The number of hydrogen-bond acceptors (Lipinski definition) is 9. The van der Waals surface area contributed by atoms with Gasteiger partial charge in [0.05, 0.1) is 48.8 Å². The maximum absolute atomic E-state index is 13.9. The van der Waals surface area contributed by atoms with Crippen LogP contribution in [0.5, 0.6) is 11.5 Å². The molecule has 0 saturated heterocycles. The van der Waals surface area contributed by atoms with Crippen LogP contribution in [-0.2, 0) is 11.3 Å². The van der Waals surface area contributed by atoms with Crippen molar-refractivity contribution < 1.29 is 19.1 Å². The van der Waals surface area contributed by atoms with Gasteiger partial charge in [-0.3, -0.25) is 14.2 Å². The number of carbonyl (C=O) groups excluding carboxylic acids is 2. The highest BCUT2D eigenvalue weighted by Gasteiger charge is 2.33. The van der Waals surface area contributed by atoms with Crippen LogP contribution < -0.4 is 14.8 Å². The molecule has 234 valence electrons. The Labute approximate surface area is 279 Å². The van der Waals surface area contributed by atoms with E-state index in [2.05, 4.69) is 15.5 Å². The van der Waals surface area contributed by atoms with Crippen molar-refractivity contribution in [2.45, 2.75) is 24.2 Å². The van der Waals surface area contributed by atoms with Crippen molar-refractivity contribution >= 4 is 52.2 Å². The summed E-state index contributed by atoms with van der Waals surface area (Å²) in [5, 5.41) is 20.9. The molecular weight excluding hydrogens is 644 g/mol. The van der Waals surface area contributed by atoms with Crippen LogP contribution in [0.1, 0.15) is 39.1 Å². The molecule has 2 amide bonds. The second kappa shape index (κ2) is 14.2. The number of thioether (sulfide) groups is 1. The number of benzene rings is 3. The van der Waals surface area contributed by atoms with E-state index in [9.17, 15) is 9.59 Å². The van der Waals surface area contributed by atoms with Gasteiger partial charge in [-0.1, -0.05) is 47.6 Å². The van der Waals surface area contributed by atoms with E-state index < -0.39 is 0 Å². The second-order valence-corrected chi connectivity index (χ2v) is 12.5. The van der Waals surface area contributed by atoms with Crippen LogP contribution in [0.25, 0.3) is 5.69 Å². The molecule has 0 aliphatic carbocycles. The predicted molar refractivity (Wildman–Crippen MR) is 179 cm³/mol. The van der Waals surface area contributed by atoms with E-state index in [1.165, 1.54) is 23.1 Å². The van der Waals surface area contributed by atoms with Crippen molar-refractivity contribution in [3.05, 3.63) is 117 Å². The van der Waals surface area contributed by atoms with Crippen LogP contribution in [0.4, 0.5) is 0 Å². The number of hydrogen-bond donors (Lipinski definition) is 1. The predicted octanol–water partition coefficient (Wildman–Crippen LogP) is 6.40. The normalized spacial score (nSPS) is 14.2. The molecule has 10 nitrogen and oxygen atoms in total. The average molecular weight is 673 g/mol. The van der Waals surface area contributed by atoms with Crippen LogP contribution in [0.15, 0.2) is 101 Å². The highest BCUT2D eigenvalue weighted by atomic mass is 35.5. The summed E-state index contributed by atoms with van der Waals surface area (Å²) in [7, 11) is 3.24. The first-order valence-electron chi connectivity index (χ1n) is 14.3. The van der Waals surface area contributed by atoms with E-state index in [1.807, 2.05) is 72.1 Å². The van der Waals surface area contributed by atoms with E-state index in [0.717, 1.165) is 28.3 Å². The lowest BCUT2D eigenvalue weighted by Gasteiger charge is -2.22. The van der Waals surface area contributed by atoms with Gasteiger partial charge in [-0.05, 0) is 77.2 Å².